The van der Waals surface area contributed by atoms with Crippen LogP contribution in [0.25, 0.3) is 11.3 Å². The number of aromatic nitrogens is 2. The molecule has 3 rings (SSSR count). The quantitative estimate of drug-likeness (QED) is 0.864. The first-order valence-electron chi connectivity index (χ1n) is 7.37. The van der Waals surface area contributed by atoms with E-state index < -0.39 is 0 Å². The van der Waals surface area contributed by atoms with Crippen molar-refractivity contribution in [2.75, 3.05) is 0 Å². The average molecular weight is 269 g/mol. The van der Waals surface area contributed by atoms with Crippen molar-refractivity contribution in [3.05, 3.63) is 40.3 Å². The highest BCUT2D eigenvalue weighted by molar-refractivity contribution is 5.69. The minimum absolute atomic E-state index is 0.268. The van der Waals surface area contributed by atoms with E-state index >= 15 is 0 Å². The molecule has 0 radical (unpaired) electrons. The van der Waals surface area contributed by atoms with E-state index in [0.717, 1.165) is 30.9 Å². The second kappa shape index (κ2) is 4.74. The summed E-state index contributed by atoms with van der Waals surface area (Å²) >= 11 is 0. The third-order valence-electron chi connectivity index (χ3n) is 4.76. The molecule has 0 saturated heterocycles. The molecule has 1 unspecified atom stereocenters. The number of fused-ring (bicyclic) bond motifs is 1. The van der Waals surface area contributed by atoms with Gasteiger partial charge < -0.3 is 10.3 Å². The third kappa shape index (κ3) is 1.97. The lowest BCUT2D eigenvalue weighted by Crippen LogP contribution is -2.31. The molecule has 20 heavy (non-hydrogen) atoms. The van der Waals surface area contributed by atoms with E-state index in [1.54, 1.807) is 0 Å². The average Bonchev–Trinajstić information content (AvgIpc) is 2.73. The molecule has 1 atom stereocenters. The van der Waals surface area contributed by atoms with Crippen LogP contribution in [0.5, 0.6) is 0 Å². The van der Waals surface area contributed by atoms with Crippen molar-refractivity contribution in [1.82, 2.24) is 9.55 Å². The Morgan fingerprint density at radius 2 is 1.90 bits per heavy atom. The van der Waals surface area contributed by atoms with Gasteiger partial charge in [0.25, 0.3) is 0 Å². The SMILES string of the molecule is Cc1ccc(-c2nc(C)n3c2CC(N)CC3)c(C)c1C. The largest absolute Gasteiger partial charge is 0.332 e. The predicted molar refractivity (Wildman–Crippen MR) is 82.9 cm³/mol. The van der Waals surface area contributed by atoms with Gasteiger partial charge in [-0.2, -0.15) is 0 Å². The van der Waals surface area contributed by atoms with Crippen LogP contribution in [0.4, 0.5) is 0 Å². The minimum atomic E-state index is 0.268. The first kappa shape index (κ1) is 13.4. The summed E-state index contributed by atoms with van der Waals surface area (Å²) in [5.41, 5.74) is 13.9. The molecule has 1 aromatic carbocycles. The van der Waals surface area contributed by atoms with Gasteiger partial charge in [-0.25, -0.2) is 4.98 Å². The fourth-order valence-electron chi connectivity index (χ4n) is 3.19. The highest BCUT2D eigenvalue weighted by Crippen LogP contribution is 2.32. The Balaban J connectivity index is 2.19. The normalized spacial score (nSPS) is 18.1. The fourth-order valence-corrected chi connectivity index (χ4v) is 3.19. The molecule has 0 aliphatic carbocycles. The maximum atomic E-state index is 6.16. The molecule has 3 nitrogen and oxygen atoms in total. The Kier molecular flexibility index (Phi) is 3.17. The lowest BCUT2D eigenvalue weighted by atomic mass is 9.94. The van der Waals surface area contributed by atoms with Crippen LogP contribution in [0.15, 0.2) is 12.1 Å². The molecule has 2 aromatic rings. The van der Waals surface area contributed by atoms with Crippen LogP contribution in [0.2, 0.25) is 0 Å². The molecule has 1 aliphatic heterocycles. The van der Waals surface area contributed by atoms with Gasteiger partial charge in [-0.1, -0.05) is 12.1 Å². The van der Waals surface area contributed by atoms with Crippen molar-refractivity contribution in [1.29, 1.82) is 0 Å². The highest BCUT2D eigenvalue weighted by atomic mass is 15.1. The lowest BCUT2D eigenvalue weighted by molar-refractivity contribution is 0.466. The van der Waals surface area contributed by atoms with Gasteiger partial charge in [0.05, 0.1) is 5.69 Å². The molecule has 0 amide bonds. The number of benzene rings is 1. The van der Waals surface area contributed by atoms with Crippen LogP contribution in [0.1, 0.15) is 34.6 Å². The molecule has 0 saturated carbocycles. The molecule has 106 valence electrons. The monoisotopic (exact) mass is 269 g/mol. The zero-order valence-corrected chi connectivity index (χ0v) is 12.8. The summed E-state index contributed by atoms with van der Waals surface area (Å²) < 4.78 is 2.34. The van der Waals surface area contributed by atoms with Gasteiger partial charge in [0.1, 0.15) is 5.82 Å². The van der Waals surface area contributed by atoms with Crippen LogP contribution in [-0.4, -0.2) is 15.6 Å². The van der Waals surface area contributed by atoms with Gasteiger partial charge in [0, 0.05) is 30.3 Å². The van der Waals surface area contributed by atoms with E-state index in [0.29, 0.717) is 0 Å². The molecule has 1 aromatic heterocycles. The van der Waals surface area contributed by atoms with Crippen LogP contribution < -0.4 is 5.73 Å². The van der Waals surface area contributed by atoms with Crippen LogP contribution in [0, 0.1) is 27.7 Å². The van der Waals surface area contributed by atoms with Crippen molar-refractivity contribution in [3.63, 3.8) is 0 Å². The predicted octanol–water partition coefficient (Wildman–Crippen LogP) is 3.06. The van der Waals surface area contributed by atoms with Crippen LogP contribution >= 0.6 is 0 Å². The molecule has 2 N–H and O–H groups in total. The maximum Gasteiger partial charge on any atom is 0.106 e. The number of hydrogen-bond acceptors (Lipinski definition) is 2. The molecule has 3 heteroatoms. The number of hydrogen-bond donors (Lipinski definition) is 1. The number of rotatable bonds is 1. The van der Waals surface area contributed by atoms with Crippen molar-refractivity contribution >= 4 is 0 Å². The smallest absolute Gasteiger partial charge is 0.106 e. The number of nitrogens with two attached hydrogens (primary N) is 1. The van der Waals surface area contributed by atoms with E-state index in [1.807, 2.05) is 0 Å². The summed E-state index contributed by atoms with van der Waals surface area (Å²) in [6, 6.07) is 4.67. The zero-order chi connectivity index (χ0) is 14.4. The lowest BCUT2D eigenvalue weighted by Gasteiger charge is -2.22. The van der Waals surface area contributed by atoms with Gasteiger partial charge in [-0.05, 0) is 50.8 Å². The maximum absolute atomic E-state index is 6.16. The Morgan fingerprint density at radius 3 is 2.65 bits per heavy atom. The summed E-state index contributed by atoms with van der Waals surface area (Å²) in [5.74, 6) is 1.11. The summed E-state index contributed by atoms with van der Waals surface area (Å²) in [6.45, 7) is 9.64. The molecule has 0 spiro atoms. The van der Waals surface area contributed by atoms with Crippen molar-refractivity contribution in [3.8, 4) is 11.3 Å². The van der Waals surface area contributed by atoms with Gasteiger partial charge in [0.2, 0.25) is 0 Å². The highest BCUT2D eigenvalue weighted by Gasteiger charge is 2.23. The van der Waals surface area contributed by atoms with E-state index in [9.17, 15) is 0 Å². The van der Waals surface area contributed by atoms with Gasteiger partial charge in [0.15, 0.2) is 0 Å². The Hall–Kier alpha value is -1.61. The van der Waals surface area contributed by atoms with Crippen LogP contribution in [-0.2, 0) is 13.0 Å². The Bertz CT molecular complexity index is 667. The second-order valence-corrected chi connectivity index (χ2v) is 6.04. The standard InChI is InChI=1S/C17H23N3/c1-10-5-6-15(12(3)11(10)2)17-16-9-14(18)7-8-20(16)13(4)19-17/h5-6,14H,7-9,18H2,1-4H3. The Morgan fingerprint density at radius 1 is 1.15 bits per heavy atom. The van der Waals surface area contributed by atoms with Crippen molar-refractivity contribution in [2.45, 2.75) is 53.1 Å². The molecular weight excluding hydrogens is 246 g/mol. The molecule has 0 bridgehead atoms. The second-order valence-electron chi connectivity index (χ2n) is 6.04. The van der Waals surface area contributed by atoms with E-state index in [4.69, 9.17) is 10.7 Å². The van der Waals surface area contributed by atoms with Crippen LogP contribution in [0.3, 0.4) is 0 Å². The number of imidazole rings is 1. The van der Waals surface area contributed by atoms with E-state index in [1.165, 1.54) is 27.9 Å². The summed E-state index contributed by atoms with van der Waals surface area (Å²) in [6.07, 6.45) is 1.98. The van der Waals surface area contributed by atoms with Gasteiger partial charge in [-0.15, -0.1) is 0 Å². The van der Waals surface area contributed by atoms with Crippen molar-refractivity contribution < 1.29 is 0 Å². The molecule has 0 fully saturated rings. The summed E-state index contributed by atoms with van der Waals surface area (Å²) in [4.78, 5) is 4.84. The fraction of sp³-hybridized carbons (Fsp3) is 0.471. The molecular formula is C17H23N3. The first-order chi connectivity index (χ1) is 9.49. The third-order valence-corrected chi connectivity index (χ3v) is 4.76. The first-order valence-corrected chi connectivity index (χ1v) is 7.37. The molecule has 1 aliphatic rings. The van der Waals surface area contributed by atoms with Crippen molar-refractivity contribution in [2.24, 2.45) is 5.73 Å². The topological polar surface area (TPSA) is 43.8 Å². The number of nitrogens with zero attached hydrogens (tertiary/aromatic N) is 2. The van der Waals surface area contributed by atoms with E-state index in [-0.39, 0.29) is 6.04 Å². The van der Waals surface area contributed by atoms with E-state index in [2.05, 4.69) is 44.4 Å². The molecule has 2 heterocycles. The van der Waals surface area contributed by atoms with Gasteiger partial charge >= 0.3 is 0 Å². The zero-order valence-electron chi connectivity index (χ0n) is 12.8. The summed E-state index contributed by atoms with van der Waals surface area (Å²) in [5, 5.41) is 0. The summed E-state index contributed by atoms with van der Waals surface area (Å²) in [7, 11) is 0. The number of aryl methyl sites for hydroxylation is 2. The van der Waals surface area contributed by atoms with Gasteiger partial charge in [-0.3, -0.25) is 0 Å². The minimum Gasteiger partial charge on any atom is -0.332 e. The Labute approximate surface area is 120 Å².